The fourth-order valence-corrected chi connectivity index (χ4v) is 3.59. The maximum absolute atomic E-state index is 11.7. The Morgan fingerprint density at radius 1 is 1.17 bits per heavy atom. The number of aldehydes is 1. The van der Waals surface area contributed by atoms with Crippen LogP contribution in [-0.2, 0) is 30.4 Å². The van der Waals surface area contributed by atoms with Gasteiger partial charge in [0.15, 0.2) is 0 Å². The zero-order valence-corrected chi connectivity index (χ0v) is 23.2. The van der Waals surface area contributed by atoms with Gasteiger partial charge in [-0.25, -0.2) is 0 Å². The summed E-state index contributed by atoms with van der Waals surface area (Å²) in [6.45, 7) is 8.28. The summed E-state index contributed by atoms with van der Waals surface area (Å²) in [6.07, 6.45) is 6.07. The average Bonchev–Trinajstić information content (AvgIpc) is 3.15. The second kappa shape index (κ2) is 19.5. The third kappa shape index (κ3) is 12.8. The fourth-order valence-electron chi connectivity index (χ4n) is 2.95. The Morgan fingerprint density at radius 2 is 1.78 bits per heavy atom. The number of nitrogens with one attached hydrogen (secondary N) is 3. The highest BCUT2D eigenvalue weighted by atomic mass is 32.2. The number of benzene rings is 1. The number of likely N-dealkylation sites (tertiary alicyclic amines) is 1. The third-order valence-corrected chi connectivity index (χ3v) is 5.96. The summed E-state index contributed by atoms with van der Waals surface area (Å²) in [7, 11) is 1.77. The molecule has 0 bridgehead atoms. The molecular formula is C26H42N4O5S. The molecular weight excluding hydrogens is 480 g/mol. The molecule has 0 saturated carbocycles. The van der Waals surface area contributed by atoms with E-state index in [-0.39, 0.29) is 60.9 Å². The van der Waals surface area contributed by atoms with E-state index in [9.17, 15) is 24.0 Å². The molecule has 1 aromatic rings. The lowest BCUT2D eigenvalue weighted by molar-refractivity contribution is -0.138. The molecule has 1 aliphatic rings. The maximum atomic E-state index is 11.7. The Balaban J connectivity index is 0.000000614. The first-order valence-corrected chi connectivity index (χ1v) is 13.6. The van der Waals surface area contributed by atoms with Crippen LogP contribution < -0.4 is 16.0 Å². The minimum absolute atomic E-state index is 0.00857. The fraction of sp³-hybridized carbons (Fsp3) is 0.577. The Hall–Kier alpha value is -2.72. The van der Waals surface area contributed by atoms with E-state index in [4.69, 9.17) is 0 Å². The molecule has 1 aliphatic heterocycles. The van der Waals surface area contributed by atoms with Crippen LogP contribution in [0.15, 0.2) is 24.3 Å². The zero-order valence-electron chi connectivity index (χ0n) is 22.4. The van der Waals surface area contributed by atoms with E-state index in [2.05, 4.69) is 48.9 Å². The van der Waals surface area contributed by atoms with Gasteiger partial charge in [0, 0.05) is 25.1 Å². The second-order valence-corrected chi connectivity index (χ2v) is 9.23. The molecule has 4 amide bonds. The van der Waals surface area contributed by atoms with Crippen LogP contribution in [0.2, 0.25) is 0 Å². The van der Waals surface area contributed by atoms with Gasteiger partial charge in [0.05, 0.1) is 17.8 Å². The van der Waals surface area contributed by atoms with Crippen molar-refractivity contribution in [3.63, 3.8) is 0 Å². The standard InChI is InChI=1S/C13H20N2O.C10H14N2O4S.C3H8/c1-4-5-11-6-8-12(9-7-11)15-13(16)10(2)14-3;1-17-7-6-9(15)12(10(7)16)4-2-8(14)11-3-5-13;1-3-2/h6-10,14H,4-5H2,1-3H3,(H,15,16);5,7H,2-4,6H2,1H3,(H,11,14);3H2,1-2H3. The van der Waals surface area contributed by atoms with Gasteiger partial charge in [-0.05, 0) is 44.3 Å². The summed E-state index contributed by atoms with van der Waals surface area (Å²) in [5, 5.41) is 7.80. The molecule has 10 heteroatoms. The van der Waals surface area contributed by atoms with Gasteiger partial charge in [0.2, 0.25) is 23.6 Å². The van der Waals surface area contributed by atoms with Crippen molar-refractivity contribution in [3.05, 3.63) is 29.8 Å². The highest BCUT2D eigenvalue weighted by Gasteiger charge is 2.37. The van der Waals surface area contributed by atoms with E-state index in [0.29, 0.717) is 6.29 Å². The Morgan fingerprint density at radius 3 is 2.25 bits per heavy atom. The number of nitrogens with zero attached hydrogens (tertiary/aromatic N) is 1. The molecule has 3 N–H and O–H groups in total. The van der Waals surface area contributed by atoms with Gasteiger partial charge in [-0.3, -0.25) is 24.1 Å². The first-order valence-electron chi connectivity index (χ1n) is 12.3. The van der Waals surface area contributed by atoms with E-state index < -0.39 is 0 Å². The molecule has 0 radical (unpaired) electrons. The van der Waals surface area contributed by atoms with Crippen LogP contribution in [0, 0.1) is 0 Å². The summed E-state index contributed by atoms with van der Waals surface area (Å²) in [5.74, 6) is -0.820. The lowest BCUT2D eigenvalue weighted by Crippen LogP contribution is -2.35. The Kier molecular flexibility index (Phi) is 18.0. The first-order chi connectivity index (χ1) is 17.2. The number of carbonyl (C=O) groups excluding carboxylic acids is 5. The van der Waals surface area contributed by atoms with Gasteiger partial charge in [-0.15, -0.1) is 0 Å². The number of amides is 4. The van der Waals surface area contributed by atoms with Crippen LogP contribution in [0.4, 0.5) is 5.69 Å². The number of likely N-dealkylation sites (N-methyl/N-ethyl adjacent to an activating group) is 1. The number of rotatable bonds is 11. The summed E-state index contributed by atoms with van der Waals surface area (Å²) < 4.78 is 0. The van der Waals surface area contributed by atoms with Gasteiger partial charge in [0.1, 0.15) is 6.29 Å². The number of imide groups is 1. The van der Waals surface area contributed by atoms with Gasteiger partial charge in [-0.2, -0.15) is 11.8 Å². The molecule has 36 heavy (non-hydrogen) atoms. The van der Waals surface area contributed by atoms with E-state index in [1.165, 1.54) is 23.7 Å². The van der Waals surface area contributed by atoms with Gasteiger partial charge >= 0.3 is 0 Å². The van der Waals surface area contributed by atoms with Crippen molar-refractivity contribution in [2.45, 2.75) is 71.1 Å². The van der Waals surface area contributed by atoms with Crippen LogP contribution in [-0.4, -0.2) is 72.5 Å². The van der Waals surface area contributed by atoms with Crippen molar-refractivity contribution in [2.24, 2.45) is 0 Å². The summed E-state index contributed by atoms with van der Waals surface area (Å²) in [4.78, 5) is 57.1. The van der Waals surface area contributed by atoms with Crippen LogP contribution >= 0.6 is 11.8 Å². The molecule has 9 nitrogen and oxygen atoms in total. The minimum Gasteiger partial charge on any atom is -0.349 e. The van der Waals surface area contributed by atoms with Crippen molar-refractivity contribution >= 4 is 47.4 Å². The summed E-state index contributed by atoms with van der Waals surface area (Å²) in [5.41, 5.74) is 2.16. The number of anilines is 1. The SMILES string of the molecule is CCC.CCCc1ccc(NC(=O)C(C)NC)cc1.CSC1CC(=O)N(CCC(=O)NCC=O)C1=O. The topological polar surface area (TPSA) is 125 Å². The van der Waals surface area contributed by atoms with E-state index in [1.54, 1.807) is 13.3 Å². The predicted molar refractivity (Wildman–Crippen MR) is 146 cm³/mol. The number of aryl methyl sites for hydroxylation is 1. The number of carbonyl (C=O) groups is 5. The lowest BCUT2D eigenvalue weighted by atomic mass is 10.1. The second-order valence-electron chi connectivity index (χ2n) is 8.19. The molecule has 1 fully saturated rings. The van der Waals surface area contributed by atoms with Crippen molar-refractivity contribution in [3.8, 4) is 0 Å². The number of thioether (sulfide) groups is 1. The van der Waals surface area contributed by atoms with Crippen LogP contribution in [0.25, 0.3) is 0 Å². The predicted octanol–water partition coefficient (Wildman–Crippen LogP) is 2.78. The monoisotopic (exact) mass is 522 g/mol. The zero-order chi connectivity index (χ0) is 27.5. The molecule has 0 aliphatic carbocycles. The quantitative estimate of drug-likeness (QED) is 0.301. The van der Waals surface area contributed by atoms with Crippen LogP contribution in [0.1, 0.15) is 58.9 Å². The van der Waals surface area contributed by atoms with Gasteiger partial charge in [-0.1, -0.05) is 45.7 Å². The minimum atomic E-state index is -0.342. The first kappa shape index (κ1) is 33.3. The molecule has 0 spiro atoms. The normalized spacial score (nSPS) is 15.2. The van der Waals surface area contributed by atoms with Crippen molar-refractivity contribution in [1.82, 2.24) is 15.5 Å². The smallest absolute Gasteiger partial charge is 0.242 e. The van der Waals surface area contributed by atoms with Crippen LogP contribution in [0.5, 0.6) is 0 Å². The maximum Gasteiger partial charge on any atom is 0.242 e. The van der Waals surface area contributed by atoms with E-state index in [0.717, 1.165) is 23.4 Å². The van der Waals surface area contributed by atoms with Gasteiger partial charge < -0.3 is 20.7 Å². The van der Waals surface area contributed by atoms with E-state index in [1.807, 2.05) is 19.1 Å². The number of hydrogen-bond donors (Lipinski definition) is 3. The summed E-state index contributed by atoms with van der Waals surface area (Å²) >= 11 is 1.34. The lowest BCUT2D eigenvalue weighted by Gasteiger charge is -2.13. The van der Waals surface area contributed by atoms with Gasteiger partial charge in [0.25, 0.3) is 0 Å². The molecule has 1 saturated heterocycles. The van der Waals surface area contributed by atoms with E-state index >= 15 is 0 Å². The molecule has 2 unspecified atom stereocenters. The van der Waals surface area contributed by atoms with Crippen LogP contribution in [0.3, 0.4) is 0 Å². The van der Waals surface area contributed by atoms with Crippen molar-refractivity contribution in [1.29, 1.82) is 0 Å². The molecule has 1 aromatic carbocycles. The molecule has 2 rings (SSSR count). The summed E-state index contributed by atoms with van der Waals surface area (Å²) in [6, 6.07) is 7.85. The molecule has 202 valence electrons. The number of hydrogen-bond acceptors (Lipinski definition) is 7. The third-order valence-electron chi connectivity index (χ3n) is 5.02. The Bertz CT molecular complexity index is 832. The van der Waals surface area contributed by atoms with Crippen molar-refractivity contribution < 1.29 is 24.0 Å². The van der Waals surface area contributed by atoms with Crippen molar-refractivity contribution in [2.75, 3.05) is 31.7 Å². The molecule has 0 aromatic heterocycles. The molecule has 2 atom stereocenters. The molecule has 1 heterocycles. The average molecular weight is 523 g/mol. The Labute approximate surface area is 219 Å². The largest absolute Gasteiger partial charge is 0.349 e. The highest BCUT2D eigenvalue weighted by Crippen LogP contribution is 2.22. The highest BCUT2D eigenvalue weighted by molar-refractivity contribution is 8.00.